The molecule has 0 spiro atoms. The topological polar surface area (TPSA) is 56.1 Å². The number of methoxy groups -OCH3 is 1. The molecule has 2 rings (SSSR count). The molecule has 0 aliphatic carbocycles. The van der Waals surface area contributed by atoms with Gasteiger partial charge in [-0.25, -0.2) is 0 Å². The van der Waals surface area contributed by atoms with Crippen molar-refractivity contribution in [3.63, 3.8) is 0 Å². The lowest BCUT2D eigenvalue weighted by atomic mass is 10.2. The largest absolute Gasteiger partial charge is 0.383 e. The Kier molecular flexibility index (Phi) is 4.39. The molecule has 102 valence electrons. The molecule has 0 radical (unpaired) electrons. The van der Waals surface area contributed by atoms with Crippen LogP contribution in [0.4, 0.5) is 0 Å². The van der Waals surface area contributed by atoms with Crippen molar-refractivity contribution in [3.05, 3.63) is 30.0 Å². The summed E-state index contributed by atoms with van der Waals surface area (Å²) >= 11 is 5.78. The van der Waals surface area contributed by atoms with E-state index in [1.807, 2.05) is 31.3 Å². The minimum absolute atomic E-state index is 0.222. The number of para-hydroxylation sites is 1. The van der Waals surface area contributed by atoms with Crippen molar-refractivity contribution in [2.24, 2.45) is 7.05 Å². The van der Waals surface area contributed by atoms with Gasteiger partial charge in [0.15, 0.2) is 5.69 Å². The highest BCUT2D eigenvalue weighted by atomic mass is 35.5. The first-order valence-corrected chi connectivity index (χ1v) is 6.48. The molecule has 2 aromatic rings. The number of aryl methyl sites for hydroxylation is 1. The quantitative estimate of drug-likeness (QED) is 0.846. The standard InChI is InChI=1S/C13H16ClN3O2/c1-17-11-6-4-3-5-10(11)12(16-17)13(18)15-9(7-14)8-19-2/h3-6,9H,7-8H2,1-2H3,(H,15,18). The molecule has 0 saturated carbocycles. The number of carbonyl (C=O) groups is 1. The van der Waals surface area contributed by atoms with Crippen LogP contribution in [0.25, 0.3) is 10.9 Å². The number of aromatic nitrogens is 2. The van der Waals surface area contributed by atoms with Crippen molar-refractivity contribution in [3.8, 4) is 0 Å². The number of rotatable bonds is 5. The van der Waals surface area contributed by atoms with E-state index in [9.17, 15) is 4.79 Å². The van der Waals surface area contributed by atoms with E-state index in [0.29, 0.717) is 18.2 Å². The van der Waals surface area contributed by atoms with Gasteiger partial charge < -0.3 is 10.1 Å². The fraction of sp³-hybridized carbons (Fsp3) is 0.385. The maximum atomic E-state index is 12.2. The summed E-state index contributed by atoms with van der Waals surface area (Å²) in [5.74, 6) is 0.0594. The highest BCUT2D eigenvalue weighted by molar-refractivity contribution is 6.18. The van der Waals surface area contributed by atoms with Crippen LogP contribution in [-0.2, 0) is 11.8 Å². The normalized spacial score (nSPS) is 12.6. The summed E-state index contributed by atoms with van der Waals surface area (Å²) in [6.45, 7) is 0.375. The van der Waals surface area contributed by atoms with Gasteiger partial charge in [-0.05, 0) is 6.07 Å². The van der Waals surface area contributed by atoms with Crippen molar-refractivity contribution in [2.45, 2.75) is 6.04 Å². The van der Waals surface area contributed by atoms with Gasteiger partial charge >= 0.3 is 0 Å². The number of hydrogen-bond donors (Lipinski definition) is 1. The number of ether oxygens (including phenoxy) is 1. The van der Waals surface area contributed by atoms with Crippen LogP contribution in [0.2, 0.25) is 0 Å². The Morgan fingerprint density at radius 1 is 1.53 bits per heavy atom. The second-order valence-corrected chi connectivity index (χ2v) is 4.58. The van der Waals surface area contributed by atoms with E-state index in [1.54, 1.807) is 11.8 Å². The minimum Gasteiger partial charge on any atom is -0.383 e. The van der Waals surface area contributed by atoms with Gasteiger partial charge in [0.05, 0.1) is 18.2 Å². The molecule has 0 fully saturated rings. The number of carbonyl (C=O) groups excluding carboxylic acids is 1. The first kappa shape index (κ1) is 13.8. The number of fused-ring (bicyclic) bond motifs is 1. The summed E-state index contributed by atoms with van der Waals surface area (Å²) in [5.41, 5.74) is 1.33. The molecule has 1 amide bonds. The van der Waals surface area contributed by atoms with Crippen LogP contribution < -0.4 is 5.32 Å². The number of benzene rings is 1. The predicted octanol–water partition coefficient (Wildman–Crippen LogP) is 1.56. The second-order valence-electron chi connectivity index (χ2n) is 4.27. The summed E-state index contributed by atoms with van der Waals surface area (Å²) in [6, 6.07) is 7.38. The Hall–Kier alpha value is -1.59. The van der Waals surface area contributed by atoms with Gasteiger partial charge in [-0.2, -0.15) is 5.10 Å². The average Bonchev–Trinajstić information content (AvgIpc) is 2.76. The lowest BCUT2D eigenvalue weighted by molar-refractivity contribution is 0.0902. The maximum Gasteiger partial charge on any atom is 0.272 e. The molecule has 5 nitrogen and oxygen atoms in total. The molecule has 1 atom stereocenters. The maximum absolute atomic E-state index is 12.2. The van der Waals surface area contributed by atoms with Gasteiger partial charge in [0.1, 0.15) is 0 Å². The fourth-order valence-corrected chi connectivity index (χ4v) is 2.13. The first-order valence-electron chi connectivity index (χ1n) is 5.95. The Labute approximate surface area is 116 Å². The number of nitrogens with one attached hydrogen (secondary N) is 1. The molecule has 1 aromatic carbocycles. The van der Waals surface area contributed by atoms with E-state index in [4.69, 9.17) is 16.3 Å². The van der Waals surface area contributed by atoms with Crippen LogP contribution >= 0.6 is 11.6 Å². The number of nitrogens with zero attached hydrogens (tertiary/aromatic N) is 2. The van der Waals surface area contributed by atoms with Crippen molar-refractivity contribution < 1.29 is 9.53 Å². The Balaban J connectivity index is 2.26. The van der Waals surface area contributed by atoms with Gasteiger partial charge in [0.2, 0.25) is 0 Å². The molecule has 6 heteroatoms. The van der Waals surface area contributed by atoms with Gasteiger partial charge in [-0.3, -0.25) is 9.48 Å². The summed E-state index contributed by atoms with van der Waals surface area (Å²) in [4.78, 5) is 12.2. The SMILES string of the molecule is COCC(CCl)NC(=O)c1nn(C)c2ccccc12. The van der Waals surface area contributed by atoms with Gasteiger partial charge in [0, 0.05) is 25.4 Å². The van der Waals surface area contributed by atoms with Crippen LogP contribution in [0.15, 0.2) is 24.3 Å². The van der Waals surface area contributed by atoms with E-state index < -0.39 is 0 Å². The van der Waals surface area contributed by atoms with Crippen molar-refractivity contribution in [1.82, 2.24) is 15.1 Å². The third kappa shape index (κ3) is 2.88. The van der Waals surface area contributed by atoms with E-state index in [0.717, 1.165) is 10.9 Å². The zero-order valence-corrected chi connectivity index (χ0v) is 11.6. The van der Waals surface area contributed by atoms with Crippen molar-refractivity contribution in [1.29, 1.82) is 0 Å². The molecule has 0 bridgehead atoms. The van der Waals surface area contributed by atoms with E-state index in [-0.39, 0.29) is 11.9 Å². The third-order valence-corrected chi connectivity index (χ3v) is 3.23. The van der Waals surface area contributed by atoms with Crippen molar-refractivity contribution in [2.75, 3.05) is 19.6 Å². The molecule has 0 saturated heterocycles. The van der Waals surface area contributed by atoms with Crippen LogP contribution in [-0.4, -0.2) is 41.3 Å². The minimum atomic E-state index is -0.237. The third-order valence-electron chi connectivity index (χ3n) is 2.86. The van der Waals surface area contributed by atoms with Gasteiger partial charge in [0.25, 0.3) is 5.91 Å². The lowest BCUT2D eigenvalue weighted by Crippen LogP contribution is -2.39. The summed E-state index contributed by atoms with van der Waals surface area (Å²) < 4.78 is 6.69. The van der Waals surface area contributed by atoms with Gasteiger partial charge in [-0.15, -0.1) is 11.6 Å². The smallest absolute Gasteiger partial charge is 0.272 e. The molecule has 19 heavy (non-hydrogen) atoms. The predicted molar refractivity (Wildman–Crippen MR) is 74.6 cm³/mol. The van der Waals surface area contributed by atoms with Crippen LogP contribution in [0.1, 0.15) is 10.5 Å². The Morgan fingerprint density at radius 2 is 2.26 bits per heavy atom. The zero-order chi connectivity index (χ0) is 13.8. The number of alkyl halides is 1. The monoisotopic (exact) mass is 281 g/mol. The molecular formula is C13H16ClN3O2. The molecule has 0 aliphatic heterocycles. The van der Waals surface area contributed by atoms with Gasteiger partial charge in [-0.1, -0.05) is 18.2 Å². The zero-order valence-electron chi connectivity index (χ0n) is 10.9. The number of amides is 1. The molecule has 0 aliphatic rings. The Bertz CT molecular complexity index is 582. The van der Waals surface area contributed by atoms with E-state index >= 15 is 0 Å². The molecule has 1 aromatic heterocycles. The van der Waals surface area contributed by atoms with E-state index in [1.165, 1.54) is 0 Å². The second kappa shape index (κ2) is 6.04. The average molecular weight is 282 g/mol. The lowest BCUT2D eigenvalue weighted by Gasteiger charge is -2.13. The molecular weight excluding hydrogens is 266 g/mol. The summed E-state index contributed by atoms with van der Waals surface area (Å²) in [6.07, 6.45) is 0. The number of hydrogen-bond acceptors (Lipinski definition) is 3. The Morgan fingerprint density at radius 3 is 2.95 bits per heavy atom. The van der Waals surface area contributed by atoms with Crippen molar-refractivity contribution >= 4 is 28.4 Å². The molecule has 1 unspecified atom stereocenters. The summed E-state index contributed by atoms with van der Waals surface area (Å²) in [7, 11) is 3.38. The first-order chi connectivity index (χ1) is 9.17. The fourth-order valence-electron chi connectivity index (χ4n) is 1.96. The summed E-state index contributed by atoms with van der Waals surface area (Å²) in [5, 5.41) is 7.90. The van der Waals surface area contributed by atoms with Crippen LogP contribution in [0, 0.1) is 0 Å². The van der Waals surface area contributed by atoms with E-state index in [2.05, 4.69) is 10.4 Å². The molecule has 1 heterocycles. The van der Waals surface area contributed by atoms with Crippen LogP contribution in [0.5, 0.6) is 0 Å². The molecule has 1 N–H and O–H groups in total. The number of halogens is 1. The van der Waals surface area contributed by atoms with Crippen LogP contribution in [0.3, 0.4) is 0 Å². The highest BCUT2D eigenvalue weighted by Crippen LogP contribution is 2.17. The highest BCUT2D eigenvalue weighted by Gasteiger charge is 2.18.